The summed E-state index contributed by atoms with van der Waals surface area (Å²) in [4.78, 5) is 25.5. The largest absolute Gasteiger partial charge is 0.494 e. The van der Waals surface area contributed by atoms with E-state index in [1.807, 2.05) is 24.1 Å². The Labute approximate surface area is 156 Å². The highest BCUT2D eigenvalue weighted by atomic mass is 35.5. The van der Waals surface area contributed by atoms with Gasteiger partial charge in [-0.1, -0.05) is 12.1 Å². The Balaban J connectivity index is 0.00000312. The molecule has 1 aromatic rings. The number of ketones is 1. The van der Waals surface area contributed by atoms with Crippen LogP contribution in [0.3, 0.4) is 0 Å². The number of halogens is 1. The van der Waals surface area contributed by atoms with E-state index in [9.17, 15) is 9.59 Å². The first-order valence-electron chi connectivity index (χ1n) is 8.76. The van der Waals surface area contributed by atoms with E-state index in [0.717, 1.165) is 32.5 Å². The van der Waals surface area contributed by atoms with Gasteiger partial charge in [0.2, 0.25) is 5.91 Å². The van der Waals surface area contributed by atoms with Gasteiger partial charge in [0.15, 0.2) is 5.78 Å². The number of amides is 1. The van der Waals surface area contributed by atoms with Gasteiger partial charge in [-0.25, -0.2) is 0 Å². The Morgan fingerprint density at radius 2 is 2.00 bits per heavy atom. The molecule has 0 radical (unpaired) electrons. The number of carbonyl (C=O) groups is 2. The fourth-order valence-electron chi connectivity index (χ4n) is 3.05. The number of Topliss-reactive ketones (excluding diaryl/α,β-unsaturated/α-hetero) is 1. The Hall–Kier alpha value is -1.59. The molecule has 1 saturated heterocycles. The number of benzene rings is 1. The van der Waals surface area contributed by atoms with E-state index in [1.54, 1.807) is 12.1 Å². The SMILES string of the molecule is CNCC1CCN(C(=O)CCCOc2cccc(C(C)=O)c2)CC1.Cl. The minimum Gasteiger partial charge on any atom is -0.494 e. The van der Waals surface area contributed by atoms with Crippen LogP contribution in [0.5, 0.6) is 5.75 Å². The van der Waals surface area contributed by atoms with Crippen LogP contribution in [0.15, 0.2) is 24.3 Å². The molecule has 0 bridgehead atoms. The number of rotatable bonds is 8. The summed E-state index contributed by atoms with van der Waals surface area (Å²) in [5, 5.41) is 3.21. The predicted molar refractivity (Wildman–Crippen MR) is 102 cm³/mol. The van der Waals surface area contributed by atoms with Gasteiger partial charge in [-0.3, -0.25) is 9.59 Å². The van der Waals surface area contributed by atoms with Crippen molar-refractivity contribution in [1.82, 2.24) is 10.2 Å². The lowest BCUT2D eigenvalue weighted by molar-refractivity contribution is -0.132. The first-order chi connectivity index (χ1) is 11.6. The zero-order valence-corrected chi connectivity index (χ0v) is 15.9. The zero-order chi connectivity index (χ0) is 17.4. The maximum atomic E-state index is 12.2. The fraction of sp³-hybridized carbons (Fsp3) is 0.579. The first-order valence-corrected chi connectivity index (χ1v) is 8.76. The molecule has 0 aliphatic carbocycles. The van der Waals surface area contributed by atoms with Crippen molar-refractivity contribution >= 4 is 24.1 Å². The second-order valence-corrected chi connectivity index (χ2v) is 6.42. The molecule has 0 unspecified atom stereocenters. The molecule has 0 aromatic heterocycles. The fourth-order valence-corrected chi connectivity index (χ4v) is 3.05. The van der Waals surface area contributed by atoms with E-state index in [-0.39, 0.29) is 24.1 Å². The molecule has 1 aromatic carbocycles. The highest BCUT2D eigenvalue weighted by molar-refractivity contribution is 5.94. The molecule has 25 heavy (non-hydrogen) atoms. The van der Waals surface area contributed by atoms with Crippen molar-refractivity contribution in [3.63, 3.8) is 0 Å². The summed E-state index contributed by atoms with van der Waals surface area (Å²) in [5.74, 6) is 1.62. The van der Waals surface area contributed by atoms with Gasteiger partial charge in [0, 0.05) is 25.1 Å². The molecule has 1 fully saturated rings. The van der Waals surface area contributed by atoms with E-state index in [1.165, 1.54) is 6.92 Å². The lowest BCUT2D eigenvalue weighted by Gasteiger charge is -2.32. The topological polar surface area (TPSA) is 58.6 Å². The van der Waals surface area contributed by atoms with Gasteiger partial charge in [-0.15, -0.1) is 12.4 Å². The number of ether oxygens (including phenoxy) is 1. The van der Waals surface area contributed by atoms with E-state index in [0.29, 0.717) is 36.7 Å². The van der Waals surface area contributed by atoms with Crippen molar-refractivity contribution in [2.24, 2.45) is 5.92 Å². The number of likely N-dealkylation sites (tertiary alicyclic amines) is 1. The molecule has 0 atom stereocenters. The number of carbonyl (C=O) groups excluding carboxylic acids is 2. The lowest BCUT2D eigenvalue weighted by Crippen LogP contribution is -2.40. The van der Waals surface area contributed by atoms with Crippen molar-refractivity contribution in [1.29, 1.82) is 0 Å². The van der Waals surface area contributed by atoms with Gasteiger partial charge in [-0.2, -0.15) is 0 Å². The minimum absolute atomic E-state index is 0. The van der Waals surface area contributed by atoms with Crippen molar-refractivity contribution in [3.05, 3.63) is 29.8 Å². The Bertz CT molecular complexity index is 557. The smallest absolute Gasteiger partial charge is 0.222 e. The first kappa shape index (κ1) is 21.5. The molecule has 6 heteroatoms. The summed E-state index contributed by atoms with van der Waals surface area (Å²) in [5.41, 5.74) is 0.646. The minimum atomic E-state index is 0. The lowest BCUT2D eigenvalue weighted by atomic mass is 9.96. The summed E-state index contributed by atoms with van der Waals surface area (Å²) >= 11 is 0. The Morgan fingerprint density at radius 3 is 2.64 bits per heavy atom. The van der Waals surface area contributed by atoms with Gasteiger partial charge in [0.25, 0.3) is 0 Å². The molecule has 1 N–H and O–H groups in total. The van der Waals surface area contributed by atoms with Crippen molar-refractivity contribution < 1.29 is 14.3 Å². The summed E-state index contributed by atoms with van der Waals surface area (Å²) < 4.78 is 5.65. The number of piperidine rings is 1. The molecule has 1 heterocycles. The van der Waals surface area contributed by atoms with Crippen LogP contribution in [-0.4, -0.2) is 49.9 Å². The van der Waals surface area contributed by atoms with Crippen molar-refractivity contribution in [3.8, 4) is 5.75 Å². The van der Waals surface area contributed by atoms with Crippen LogP contribution in [0, 0.1) is 5.92 Å². The number of nitrogens with one attached hydrogen (secondary N) is 1. The van der Waals surface area contributed by atoms with Crippen LogP contribution in [0.2, 0.25) is 0 Å². The van der Waals surface area contributed by atoms with E-state index in [4.69, 9.17) is 4.74 Å². The van der Waals surface area contributed by atoms with Gasteiger partial charge in [0.1, 0.15) is 5.75 Å². The average Bonchev–Trinajstić information content (AvgIpc) is 2.60. The third kappa shape index (κ3) is 7.04. The summed E-state index contributed by atoms with van der Waals surface area (Å²) in [6.07, 6.45) is 3.38. The highest BCUT2D eigenvalue weighted by Gasteiger charge is 2.21. The molecule has 1 amide bonds. The summed E-state index contributed by atoms with van der Waals surface area (Å²) in [7, 11) is 1.98. The molecular formula is C19H29ClN2O3. The Kier molecular flexibility index (Phi) is 9.53. The van der Waals surface area contributed by atoms with Crippen LogP contribution >= 0.6 is 12.4 Å². The van der Waals surface area contributed by atoms with Gasteiger partial charge in [0.05, 0.1) is 6.61 Å². The third-order valence-corrected chi connectivity index (χ3v) is 4.50. The summed E-state index contributed by atoms with van der Waals surface area (Å²) in [6, 6.07) is 7.17. The van der Waals surface area contributed by atoms with E-state index < -0.39 is 0 Å². The van der Waals surface area contributed by atoms with Crippen LogP contribution in [0.25, 0.3) is 0 Å². The van der Waals surface area contributed by atoms with E-state index in [2.05, 4.69) is 5.32 Å². The third-order valence-electron chi connectivity index (χ3n) is 4.50. The maximum absolute atomic E-state index is 12.2. The van der Waals surface area contributed by atoms with Crippen molar-refractivity contribution in [2.75, 3.05) is 33.3 Å². The van der Waals surface area contributed by atoms with Gasteiger partial charge < -0.3 is 15.0 Å². The van der Waals surface area contributed by atoms with Crippen LogP contribution in [0.1, 0.15) is 43.0 Å². The number of hydrogen-bond acceptors (Lipinski definition) is 4. The van der Waals surface area contributed by atoms with Crippen LogP contribution < -0.4 is 10.1 Å². The monoisotopic (exact) mass is 368 g/mol. The highest BCUT2D eigenvalue weighted by Crippen LogP contribution is 2.18. The normalized spacial score (nSPS) is 14.7. The van der Waals surface area contributed by atoms with Crippen molar-refractivity contribution in [2.45, 2.75) is 32.6 Å². The molecule has 1 aliphatic rings. The number of hydrogen-bond donors (Lipinski definition) is 1. The van der Waals surface area contributed by atoms with Crippen LogP contribution in [0.4, 0.5) is 0 Å². The zero-order valence-electron chi connectivity index (χ0n) is 15.1. The number of nitrogens with zero attached hydrogens (tertiary/aromatic N) is 1. The maximum Gasteiger partial charge on any atom is 0.222 e. The predicted octanol–water partition coefficient (Wildman–Crippen LogP) is 2.93. The van der Waals surface area contributed by atoms with Gasteiger partial charge in [-0.05, 0) is 57.8 Å². The Morgan fingerprint density at radius 1 is 1.28 bits per heavy atom. The average molecular weight is 369 g/mol. The molecule has 2 rings (SSSR count). The van der Waals surface area contributed by atoms with Gasteiger partial charge >= 0.3 is 0 Å². The van der Waals surface area contributed by atoms with E-state index >= 15 is 0 Å². The van der Waals surface area contributed by atoms with Crippen LogP contribution in [-0.2, 0) is 4.79 Å². The molecule has 1 aliphatic heterocycles. The second kappa shape index (κ2) is 11.1. The molecule has 0 saturated carbocycles. The molecule has 5 nitrogen and oxygen atoms in total. The summed E-state index contributed by atoms with van der Waals surface area (Å²) in [6.45, 7) is 4.80. The standard InChI is InChI=1S/C19H28N2O3.ClH/c1-15(22)17-5-3-6-18(13-17)24-12-4-7-19(23)21-10-8-16(9-11-21)14-20-2;/h3,5-6,13,16,20H,4,7-12,14H2,1-2H3;1H. The molecule has 140 valence electrons. The second-order valence-electron chi connectivity index (χ2n) is 6.42. The molecule has 0 spiro atoms. The molecular weight excluding hydrogens is 340 g/mol. The quantitative estimate of drug-likeness (QED) is 0.566.